The number of thioether (sulfide) groups is 1. The lowest BCUT2D eigenvalue weighted by atomic mass is 10.2. The Balaban J connectivity index is 2.33. The smallest absolute Gasteiger partial charge is 0.412 e. The minimum atomic E-state index is -4.38. The highest BCUT2D eigenvalue weighted by atomic mass is 32.2. The first-order chi connectivity index (χ1) is 8.28. The molecule has 0 radical (unpaired) electrons. The van der Waals surface area contributed by atoms with Gasteiger partial charge in [0.1, 0.15) is 11.4 Å². The van der Waals surface area contributed by atoms with Crippen LogP contribution in [0, 0.1) is 6.92 Å². The van der Waals surface area contributed by atoms with E-state index in [1.807, 2.05) is 0 Å². The number of carboxylic acids is 1. The van der Waals surface area contributed by atoms with Gasteiger partial charge in [-0.3, -0.25) is 9.36 Å². The van der Waals surface area contributed by atoms with Gasteiger partial charge in [0.2, 0.25) is 0 Å². The molecule has 1 aromatic heterocycles. The van der Waals surface area contributed by atoms with Crippen molar-refractivity contribution in [3.05, 3.63) is 5.82 Å². The topological polar surface area (TPSA) is 68.0 Å². The summed E-state index contributed by atoms with van der Waals surface area (Å²) in [7, 11) is 0. The molecule has 1 aliphatic rings. The molecule has 1 aliphatic carbocycles. The minimum absolute atomic E-state index is 0.00438. The Morgan fingerprint density at radius 1 is 1.50 bits per heavy atom. The van der Waals surface area contributed by atoms with E-state index in [-0.39, 0.29) is 29.6 Å². The highest BCUT2D eigenvalue weighted by Gasteiger charge is 2.66. The zero-order chi connectivity index (χ0) is 13.6. The number of rotatable bonds is 4. The predicted molar refractivity (Wildman–Crippen MR) is 56.4 cm³/mol. The number of carboxylic acid groups (broad SMARTS) is 1. The molecule has 0 spiro atoms. The number of nitrogens with zero attached hydrogens (tertiary/aromatic N) is 3. The Bertz CT molecular complexity index is 482. The van der Waals surface area contributed by atoms with Crippen LogP contribution in [-0.4, -0.2) is 37.8 Å². The quantitative estimate of drug-likeness (QED) is 0.852. The van der Waals surface area contributed by atoms with Gasteiger partial charge in [-0.1, -0.05) is 11.8 Å². The molecule has 1 heterocycles. The first-order valence-corrected chi connectivity index (χ1v) is 6.10. The molecule has 9 heteroatoms. The molecule has 0 amide bonds. The third kappa shape index (κ3) is 2.06. The first kappa shape index (κ1) is 13.2. The van der Waals surface area contributed by atoms with E-state index < -0.39 is 17.7 Å². The molecule has 1 N–H and O–H groups in total. The number of halogens is 3. The van der Waals surface area contributed by atoms with Crippen LogP contribution in [0.1, 0.15) is 18.7 Å². The number of aromatic nitrogens is 3. The van der Waals surface area contributed by atoms with Crippen LogP contribution in [0.25, 0.3) is 0 Å². The van der Waals surface area contributed by atoms with Gasteiger partial charge in [-0.05, 0) is 19.8 Å². The highest BCUT2D eigenvalue weighted by molar-refractivity contribution is 7.99. The second-order valence-corrected chi connectivity index (χ2v) is 5.02. The molecular formula is C9H10F3N3O2S. The lowest BCUT2D eigenvalue weighted by molar-refractivity contribution is -0.182. The molecule has 5 nitrogen and oxygen atoms in total. The van der Waals surface area contributed by atoms with Crippen molar-refractivity contribution in [2.24, 2.45) is 0 Å². The van der Waals surface area contributed by atoms with Gasteiger partial charge in [0.25, 0.3) is 0 Å². The lowest BCUT2D eigenvalue weighted by Gasteiger charge is -2.23. The van der Waals surface area contributed by atoms with Gasteiger partial charge in [0, 0.05) is 0 Å². The van der Waals surface area contributed by atoms with Gasteiger partial charge in [0.15, 0.2) is 5.16 Å². The van der Waals surface area contributed by atoms with Crippen LogP contribution in [0.15, 0.2) is 5.16 Å². The Morgan fingerprint density at radius 3 is 2.56 bits per heavy atom. The van der Waals surface area contributed by atoms with Gasteiger partial charge >= 0.3 is 12.1 Å². The van der Waals surface area contributed by atoms with E-state index in [2.05, 4.69) is 10.2 Å². The summed E-state index contributed by atoms with van der Waals surface area (Å²) >= 11 is 0.749. The van der Waals surface area contributed by atoms with Crippen molar-refractivity contribution in [3.8, 4) is 0 Å². The molecular weight excluding hydrogens is 271 g/mol. The largest absolute Gasteiger partial charge is 0.481 e. The van der Waals surface area contributed by atoms with Crippen LogP contribution < -0.4 is 0 Å². The number of carbonyl (C=O) groups is 1. The maximum absolute atomic E-state index is 13.0. The third-order valence-corrected chi connectivity index (χ3v) is 3.71. The maximum Gasteiger partial charge on any atom is 0.412 e. The average molecular weight is 281 g/mol. The monoisotopic (exact) mass is 281 g/mol. The Morgan fingerprint density at radius 2 is 2.11 bits per heavy atom. The standard InChI is InChI=1S/C9H10F3N3O2S/c1-5-13-14-7(18-4-6(16)17)15(5)8(2-3-8)9(10,11)12/h2-4H2,1H3,(H,16,17). The molecule has 1 saturated carbocycles. The molecule has 1 aromatic rings. The number of hydrogen-bond acceptors (Lipinski definition) is 4. The maximum atomic E-state index is 13.0. The fraction of sp³-hybridized carbons (Fsp3) is 0.667. The van der Waals surface area contributed by atoms with E-state index in [0.29, 0.717) is 0 Å². The fourth-order valence-corrected chi connectivity index (χ4v) is 2.59. The van der Waals surface area contributed by atoms with Gasteiger partial charge in [0.05, 0.1) is 5.75 Å². The fourth-order valence-electron chi connectivity index (χ4n) is 1.81. The zero-order valence-electron chi connectivity index (χ0n) is 9.36. The van der Waals surface area contributed by atoms with Crippen molar-refractivity contribution in [1.29, 1.82) is 0 Å². The second-order valence-electron chi connectivity index (χ2n) is 4.08. The van der Waals surface area contributed by atoms with E-state index in [4.69, 9.17) is 5.11 Å². The van der Waals surface area contributed by atoms with Crippen molar-refractivity contribution in [2.75, 3.05) is 5.75 Å². The van der Waals surface area contributed by atoms with E-state index >= 15 is 0 Å². The van der Waals surface area contributed by atoms with E-state index in [1.165, 1.54) is 6.92 Å². The molecule has 0 bridgehead atoms. The normalized spacial score (nSPS) is 17.8. The van der Waals surface area contributed by atoms with E-state index in [0.717, 1.165) is 16.3 Å². The Kier molecular flexibility index (Phi) is 3.04. The SMILES string of the molecule is Cc1nnc(SCC(=O)O)n1C1(C(F)(F)F)CC1. The summed E-state index contributed by atoms with van der Waals surface area (Å²) in [6.45, 7) is 1.43. The second kappa shape index (κ2) is 4.15. The van der Waals surface area contributed by atoms with E-state index in [9.17, 15) is 18.0 Å². The summed E-state index contributed by atoms with van der Waals surface area (Å²) in [6.07, 6.45) is -4.41. The Labute approximate surface area is 104 Å². The zero-order valence-corrected chi connectivity index (χ0v) is 10.2. The van der Waals surface area contributed by atoms with Crippen LogP contribution in [0.2, 0.25) is 0 Å². The molecule has 0 aromatic carbocycles. The molecule has 2 rings (SSSR count). The number of hydrogen-bond donors (Lipinski definition) is 1. The van der Waals surface area contributed by atoms with Crippen molar-refractivity contribution < 1.29 is 23.1 Å². The molecule has 0 atom stereocenters. The third-order valence-electron chi connectivity index (χ3n) is 2.80. The average Bonchev–Trinajstić information content (AvgIpc) is 2.95. The summed E-state index contributed by atoms with van der Waals surface area (Å²) < 4.78 is 40.1. The van der Waals surface area contributed by atoms with Crippen LogP contribution in [0.5, 0.6) is 0 Å². The van der Waals surface area contributed by atoms with Crippen molar-refractivity contribution >= 4 is 17.7 Å². The van der Waals surface area contributed by atoms with Crippen LogP contribution in [0.3, 0.4) is 0 Å². The summed E-state index contributed by atoms with van der Waals surface area (Å²) in [6, 6.07) is 0. The molecule has 0 aliphatic heterocycles. The summed E-state index contributed by atoms with van der Waals surface area (Å²) in [4.78, 5) is 10.5. The van der Waals surface area contributed by atoms with Gasteiger partial charge in [-0.25, -0.2) is 0 Å². The predicted octanol–water partition coefficient (Wildman–Crippen LogP) is 1.81. The molecule has 0 saturated heterocycles. The van der Waals surface area contributed by atoms with Crippen LogP contribution in [-0.2, 0) is 10.3 Å². The van der Waals surface area contributed by atoms with Gasteiger partial charge < -0.3 is 5.11 Å². The number of aryl methyl sites for hydroxylation is 1. The molecule has 18 heavy (non-hydrogen) atoms. The molecule has 1 fully saturated rings. The summed E-state index contributed by atoms with van der Waals surface area (Å²) in [5.41, 5.74) is -1.94. The number of alkyl halides is 3. The van der Waals surface area contributed by atoms with Crippen molar-refractivity contribution in [2.45, 2.75) is 36.6 Å². The van der Waals surface area contributed by atoms with Crippen LogP contribution >= 0.6 is 11.8 Å². The molecule has 0 unspecified atom stereocenters. The van der Waals surface area contributed by atoms with Crippen molar-refractivity contribution in [1.82, 2.24) is 14.8 Å². The lowest BCUT2D eigenvalue weighted by Crippen LogP contribution is -2.36. The summed E-state index contributed by atoms with van der Waals surface area (Å²) in [5, 5.41) is 15.8. The first-order valence-electron chi connectivity index (χ1n) is 5.12. The molecule has 100 valence electrons. The highest BCUT2D eigenvalue weighted by Crippen LogP contribution is 2.56. The van der Waals surface area contributed by atoms with Crippen molar-refractivity contribution in [3.63, 3.8) is 0 Å². The van der Waals surface area contributed by atoms with E-state index in [1.54, 1.807) is 0 Å². The summed E-state index contributed by atoms with van der Waals surface area (Å²) in [5.74, 6) is -1.30. The number of aliphatic carboxylic acids is 1. The van der Waals surface area contributed by atoms with Crippen LogP contribution in [0.4, 0.5) is 13.2 Å². The van der Waals surface area contributed by atoms with Gasteiger partial charge in [-0.2, -0.15) is 13.2 Å². The Hall–Kier alpha value is -1.25. The van der Waals surface area contributed by atoms with Gasteiger partial charge in [-0.15, -0.1) is 10.2 Å². The minimum Gasteiger partial charge on any atom is -0.481 e.